The van der Waals surface area contributed by atoms with E-state index in [1.165, 1.54) is 13.4 Å². The van der Waals surface area contributed by atoms with E-state index in [-0.39, 0.29) is 11.7 Å². The molecule has 0 N–H and O–H groups in total. The van der Waals surface area contributed by atoms with Crippen LogP contribution in [0.2, 0.25) is 0 Å². The van der Waals surface area contributed by atoms with Crippen molar-refractivity contribution in [2.75, 3.05) is 51.8 Å². The van der Waals surface area contributed by atoms with Crippen LogP contribution in [0.4, 0.5) is 0 Å². The lowest BCUT2D eigenvalue weighted by molar-refractivity contribution is 0.0761. The first-order valence-corrected chi connectivity index (χ1v) is 9.64. The lowest BCUT2D eigenvalue weighted by Crippen LogP contribution is -2.36. The molecule has 2 rings (SSSR count). The number of nitrogens with zero attached hydrogens (tertiary/aromatic N) is 3. The monoisotopic (exact) mass is 341 g/mol. The quantitative estimate of drug-likeness (QED) is 0.765. The second-order valence-electron chi connectivity index (χ2n) is 5.70. The van der Waals surface area contributed by atoms with Crippen LogP contribution in [0.3, 0.4) is 0 Å². The molecule has 0 saturated carbocycles. The molecular weight excluding hydrogens is 318 g/mol. The molecule has 0 aliphatic carbocycles. The van der Waals surface area contributed by atoms with Crippen molar-refractivity contribution >= 4 is 15.7 Å². The minimum Gasteiger partial charge on any atom is -0.481 e. The Balaban J connectivity index is 1.95. The summed E-state index contributed by atoms with van der Waals surface area (Å²) in [5.41, 5.74) is 0.557. The van der Waals surface area contributed by atoms with Crippen molar-refractivity contribution in [3.05, 3.63) is 23.9 Å². The van der Waals surface area contributed by atoms with Crippen LogP contribution in [0.1, 0.15) is 16.8 Å². The van der Waals surface area contributed by atoms with Gasteiger partial charge in [-0.3, -0.25) is 4.79 Å². The van der Waals surface area contributed by atoms with Gasteiger partial charge in [0.15, 0.2) is 0 Å². The van der Waals surface area contributed by atoms with Crippen molar-refractivity contribution in [2.24, 2.45) is 0 Å². The molecule has 128 valence electrons. The number of aromatic nitrogens is 1. The summed E-state index contributed by atoms with van der Waals surface area (Å²) in [6.45, 7) is 3.26. The number of pyridine rings is 1. The van der Waals surface area contributed by atoms with E-state index in [1.54, 1.807) is 23.2 Å². The van der Waals surface area contributed by atoms with Crippen LogP contribution in [0.5, 0.6) is 5.88 Å². The lowest BCUT2D eigenvalue weighted by atomic mass is 10.2. The molecule has 0 radical (unpaired) electrons. The van der Waals surface area contributed by atoms with Crippen LogP contribution in [0.15, 0.2) is 18.3 Å². The highest BCUT2D eigenvalue weighted by Crippen LogP contribution is 2.13. The summed E-state index contributed by atoms with van der Waals surface area (Å²) in [6, 6.07) is 3.31. The maximum absolute atomic E-state index is 12.6. The molecule has 1 aromatic rings. The number of hydrogen-bond acceptors (Lipinski definition) is 6. The highest BCUT2D eigenvalue weighted by molar-refractivity contribution is 7.90. The van der Waals surface area contributed by atoms with E-state index in [2.05, 4.69) is 9.88 Å². The number of methoxy groups -OCH3 is 1. The molecule has 0 unspecified atom stereocenters. The van der Waals surface area contributed by atoms with Crippen molar-refractivity contribution in [3.63, 3.8) is 0 Å². The van der Waals surface area contributed by atoms with Gasteiger partial charge in [0.05, 0.1) is 12.9 Å². The molecule has 1 aliphatic rings. The van der Waals surface area contributed by atoms with Gasteiger partial charge in [0.2, 0.25) is 5.88 Å². The van der Waals surface area contributed by atoms with Crippen LogP contribution in [-0.4, -0.2) is 81.0 Å². The van der Waals surface area contributed by atoms with Gasteiger partial charge in [-0.2, -0.15) is 0 Å². The Hall–Kier alpha value is -1.67. The number of carbonyl (C=O) groups is 1. The second kappa shape index (κ2) is 7.74. The van der Waals surface area contributed by atoms with Gasteiger partial charge in [-0.25, -0.2) is 13.4 Å². The average Bonchev–Trinajstić information content (AvgIpc) is 2.77. The van der Waals surface area contributed by atoms with Crippen LogP contribution in [-0.2, 0) is 9.84 Å². The zero-order valence-electron chi connectivity index (χ0n) is 13.6. The molecule has 0 bridgehead atoms. The molecule has 1 amide bonds. The Bertz CT molecular complexity index is 648. The normalized spacial score (nSPS) is 16.9. The van der Waals surface area contributed by atoms with Gasteiger partial charge in [-0.15, -0.1) is 0 Å². The third kappa shape index (κ3) is 5.47. The van der Waals surface area contributed by atoms with Crippen LogP contribution < -0.4 is 4.74 Å². The first kappa shape index (κ1) is 17.7. The zero-order chi connectivity index (χ0) is 16.9. The highest BCUT2D eigenvalue weighted by atomic mass is 32.2. The Labute approximate surface area is 137 Å². The van der Waals surface area contributed by atoms with E-state index in [4.69, 9.17) is 4.74 Å². The Kier molecular flexibility index (Phi) is 5.95. The lowest BCUT2D eigenvalue weighted by Gasteiger charge is -2.22. The van der Waals surface area contributed by atoms with Crippen molar-refractivity contribution in [2.45, 2.75) is 6.42 Å². The van der Waals surface area contributed by atoms with Gasteiger partial charge in [-0.05, 0) is 19.0 Å². The van der Waals surface area contributed by atoms with E-state index in [0.29, 0.717) is 37.6 Å². The number of rotatable bonds is 5. The third-order valence-electron chi connectivity index (χ3n) is 3.84. The van der Waals surface area contributed by atoms with Crippen molar-refractivity contribution in [1.82, 2.24) is 14.8 Å². The Morgan fingerprint density at radius 2 is 2.09 bits per heavy atom. The van der Waals surface area contributed by atoms with Crippen LogP contribution >= 0.6 is 0 Å². The maximum atomic E-state index is 12.6. The first-order valence-electron chi connectivity index (χ1n) is 7.58. The molecule has 8 heteroatoms. The summed E-state index contributed by atoms with van der Waals surface area (Å²) in [5.74, 6) is 0.527. The minimum absolute atomic E-state index is 0.0457. The van der Waals surface area contributed by atoms with Gasteiger partial charge >= 0.3 is 0 Å². The standard InChI is InChI=1S/C15H23N3O4S/c1-22-14-12-13(4-5-16-14)15(19)18-7-3-6-17(8-9-18)10-11-23(2,20)21/h4-5,12H,3,6-11H2,1-2H3. The van der Waals surface area contributed by atoms with Gasteiger partial charge in [0.25, 0.3) is 5.91 Å². The summed E-state index contributed by atoms with van der Waals surface area (Å²) in [7, 11) is -1.44. The molecule has 1 fully saturated rings. The Morgan fingerprint density at radius 3 is 2.78 bits per heavy atom. The summed E-state index contributed by atoms with van der Waals surface area (Å²) in [4.78, 5) is 20.5. The molecule has 0 aromatic carbocycles. The molecule has 7 nitrogen and oxygen atoms in total. The third-order valence-corrected chi connectivity index (χ3v) is 4.77. The van der Waals surface area contributed by atoms with Gasteiger partial charge in [0.1, 0.15) is 9.84 Å². The summed E-state index contributed by atoms with van der Waals surface area (Å²) in [6.07, 6.45) is 3.64. The molecular formula is C15H23N3O4S. The summed E-state index contributed by atoms with van der Waals surface area (Å²) >= 11 is 0. The number of hydrogen-bond donors (Lipinski definition) is 0. The number of amides is 1. The van der Waals surface area contributed by atoms with Gasteiger partial charge in [0, 0.05) is 50.3 Å². The highest BCUT2D eigenvalue weighted by Gasteiger charge is 2.21. The average molecular weight is 341 g/mol. The number of ether oxygens (including phenoxy) is 1. The van der Waals surface area contributed by atoms with Crippen molar-refractivity contribution < 1.29 is 17.9 Å². The van der Waals surface area contributed by atoms with Crippen LogP contribution in [0.25, 0.3) is 0 Å². The van der Waals surface area contributed by atoms with E-state index in [9.17, 15) is 13.2 Å². The topological polar surface area (TPSA) is 79.8 Å². The predicted octanol–water partition coefficient (Wildman–Crippen LogP) is 0.283. The van der Waals surface area contributed by atoms with E-state index >= 15 is 0 Å². The number of carbonyl (C=O) groups excluding carboxylic acids is 1. The van der Waals surface area contributed by atoms with Gasteiger partial charge < -0.3 is 14.5 Å². The summed E-state index contributed by atoms with van der Waals surface area (Å²) < 4.78 is 27.6. The number of sulfone groups is 1. The molecule has 2 heterocycles. The first-order chi connectivity index (χ1) is 10.9. The van der Waals surface area contributed by atoms with E-state index < -0.39 is 9.84 Å². The van der Waals surface area contributed by atoms with E-state index in [1.807, 2.05) is 0 Å². The largest absolute Gasteiger partial charge is 0.481 e. The smallest absolute Gasteiger partial charge is 0.254 e. The van der Waals surface area contributed by atoms with Crippen LogP contribution in [0, 0.1) is 0 Å². The molecule has 0 spiro atoms. The van der Waals surface area contributed by atoms with Crippen molar-refractivity contribution in [3.8, 4) is 5.88 Å². The molecule has 23 heavy (non-hydrogen) atoms. The molecule has 1 aliphatic heterocycles. The molecule has 1 saturated heterocycles. The second-order valence-corrected chi connectivity index (χ2v) is 7.96. The SMILES string of the molecule is COc1cc(C(=O)N2CCCN(CCS(C)(=O)=O)CC2)ccn1. The summed E-state index contributed by atoms with van der Waals surface area (Å²) in [5, 5.41) is 0. The zero-order valence-corrected chi connectivity index (χ0v) is 14.4. The molecule has 0 atom stereocenters. The molecule has 1 aromatic heterocycles. The van der Waals surface area contributed by atoms with E-state index in [0.717, 1.165) is 13.0 Å². The fraction of sp³-hybridized carbons (Fsp3) is 0.600. The minimum atomic E-state index is -2.96. The fourth-order valence-corrected chi connectivity index (χ4v) is 3.12. The Morgan fingerprint density at radius 1 is 1.30 bits per heavy atom. The van der Waals surface area contributed by atoms with Gasteiger partial charge in [-0.1, -0.05) is 0 Å². The van der Waals surface area contributed by atoms with Crippen molar-refractivity contribution in [1.29, 1.82) is 0 Å². The maximum Gasteiger partial charge on any atom is 0.254 e. The predicted molar refractivity (Wildman–Crippen MR) is 87.5 cm³/mol. The fourth-order valence-electron chi connectivity index (χ4n) is 2.53.